The Balaban J connectivity index is 1.49. The number of rotatable bonds is 6. The number of nitrogens with one attached hydrogen (secondary N) is 1. The molecule has 0 bridgehead atoms. The normalized spacial score (nSPS) is 15.5. The van der Waals surface area contributed by atoms with Gasteiger partial charge in [-0.25, -0.2) is 4.79 Å². The Morgan fingerprint density at radius 2 is 2.00 bits per heavy atom. The van der Waals surface area contributed by atoms with Crippen LogP contribution in [0.5, 0.6) is 11.5 Å². The van der Waals surface area contributed by atoms with Crippen LogP contribution in [-0.4, -0.2) is 22.6 Å². The summed E-state index contributed by atoms with van der Waals surface area (Å²) >= 11 is 0. The number of carboxylic acid groups (broad SMARTS) is 1. The van der Waals surface area contributed by atoms with Crippen LogP contribution in [0.2, 0.25) is 0 Å². The highest BCUT2D eigenvalue weighted by Gasteiger charge is 2.21. The van der Waals surface area contributed by atoms with Gasteiger partial charge in [0.2, 0.25) is 0 Å². The van der Waals surface area contributed by atoms with Gasteiger partial charge in [-0.3, -0.25) is 4.98 Å². The molecule has 1 unspecified atom stereocenters. The number of fused-ring (bicyclic) bond motifs is 1. The van der Waals surface area contributed by atoms with Gasteiger partial charge in [0.15, 0.2) is 0 Å². The number of ether oxygens (including phenoxy) is 1. The summed E-state index contributed by atoms with van der Waals surface area (Å²) in [5.41, 5.74) is 3.42. The topological polar surface area (TPSA) is 71.5 Å². The number of carboxylic acids is 1. The number of carbonyl (C=O) groups is 1. The largest absolute Gasteiger partial charge is 0.478 e. The first kappa shape index (κ1) is 18.0. The molecule has 4 rings (SSSR count). The monoisotopic (exact) mass is 374 g/mol. The number of aromatic carboxylic acids is 1. The molecule has 142 valence electrons. The first-order valence-corrected chi connectivity index (χ1v) is 9.47. The summed E-state index contributed by atoms with van der Waals surface area (Å²) in [6.07, 6.45) is 6.28. The van der Waals surface area contributed by atoms with Crippen molar-refractivity contribution < 1.29 is 14.6 Å². The summed E-state index contributed by atoms with van der Waals surface area (Å²) in [7, 11) is 0. The fourth-order valence-electron chi connectivity index (χ4n) is 3.75. The van der Waals surface area contributed by atoms with Crippen molar-refractivity contribution in [2.24, 2.45) is 0 Å². The van der Waals surface area contributed by atoms with E-state index in [0.29, 0.717) is 18.2 Å². The molecule has 5 heteroatoms. The highest BCUT2D eigenvalue weighted by molar-refractivity contribution is 5.93. The molecule has 1 aliphatic rings. The van der Waals surface area contributed by atoms with E-state index in [1.165, 1.54) is 23.4 Å². The molecular weight excluding hydrogens is 352 g/mol. The van der Waals surface area contributed by atoms with Crippen LogP contribution >= 0.6 is 0 Å². The molecule has 0 saturated heterocycles. The number of para-hydroxylation sites is 1. The van der Waals surface area contributed by atoms with Crippen molar-refractivity contribution in [3.05, 3.63) is 83.7 Å². The Bertz CT molecular complexity index is 973. The van der Waals surface area contributed by atoms with Gasteiger partial charge in [-0.15, -0.1) is 0 Å². The summed E-state index contributed by atoms with van der Waals surface area (Å²) in [5, 5.41) is 12.6. The molecule has 1 atom stereocenters. The molecule has 28 heavy (non-hydrogen) atoms. The summed E-state index contributed by atoms with van der Waals surface area (Å²) < 4.78 is 5.96. The summed E-state index contributed by atoms with van der Waals surface area (Å²) in [6.45, 7) is 0.678. The Hall–Kier alpha value is -3.34. The Morgan fingerprint density at radius 3 is 2.82 bits per heavy atom. The van der Waals surface area contributed by atoms with Crippen molar-refractivity contribution in [2.75, 3.05) is 11.9 Å². The van der Waals surface area contributed by atoms with E-state index in [1.807, 2.05) is 36.4 Å². The van der Waals surface area contributed by atoms with E-state index < -0.39 is 5.97 Å². The lowest BCUT2D eigenvalue weighted by Gasteiger charge is -2.27. The van der Waals surface area contributed by atoms with Crippen LogP contribution in [0.15, 0.2) is 67.0 Å². The Morgan fingerprint density at radius 1 is 1.14 bits per heavy atom. The number of benzene rings is 2. The maximum atomic E-state index is 11.4. The van der Waals surface area contributed by atoms with Gasteiger partial charge in [-0.2, -0.15) is 0 Å². The molecule has 2 aromatic carbocycles. The number of anilines is 1. The summed E-state index contributed by atoms with van der Waals surface area (Å²) in [4.78, 5) is 15.4. The van der Waals surface area contributed by atoms with Crippen LogP contribution < -0.4 is 10.1 Å². The number of aromatic nitrogens is 1. The van der Waals surface area contributed by atoms with Gasteiger partial charge in [0.25, 0.3) is 0 Å². The molecule has 0 amide bonds. The third-order valence-corrected chi connectivity index (χ3v) is 5.12. The third-order valence-electron chi connectivity index (χ3n) is 5.12. The first-order valence-electron chi connectivity index (χ1n) is 9.47. The summed E-state index contributed by atoms with van der Waals surface area (Å²) in [5.74, 6) is 1.06. The van der Waals surface area contributed by atoms with Crippen molar-refractivity contribution >= 4 is 11.7 Å². The van der Waals surface area contributed by atoms with Gasteiger partial charge in [0.05, 0.1) is 17.4 Å². The molecule has 5 nitrogen and oxygen atoms in total. The minimum atomic E-state index is -0.948. The van der Waals surface area contributed by atoms with Crippen LogP contribution in [0.4, 0.5) is 5.69 Å². The van der Waals surface area contributed by atoms with Gasteiger partial charge in [-0.05, 0) is 60.7 Å². The van der Waals surface area contributed by atoms with Crippen LogP contribution in [0.25, 0.3) is 0 Å². The van der Waals surface area contributed by atoms with E-state index in [1.54, 1.807) is 6.20 Å². The SMILES string of the molecule is O=C(O)c1ccncc1NCC1CCCc2cc(Oc3ccccc3)ccc21. The number of hydrogen-bond acceptors (Lipinski definition) is 4. The zero-order valence-electron chi connectivity index (χ0n) is 15.5. The van der Waals surface area contributed by atoms with E-state index in [2.05, 4.69) is 22.4 Å². The molecular formula is C23H22N2O3. The van der Waals surface area contributed by atoms with E-state index in [4.69, 9.17) is 4.74 Å². The molecule has 0 aliphatic heterocycles. The minimum Gasteiger partial charge on any atom is -0.478 e. The standard InChI is InChI=1S/C23H22N2O3/c26-23(27)21-11-12-24-15-22(21)25-14-17-6-4-5-16-13-19(9-10-20(16)17)28-18-7-2-1-3-8-18/h1-3,7-13,15,17,25H,4-6,14H2,(H,26,27). The zero-order chi connectivity index (χ0) is 19.3. The molecule has 0 fully saturated rings. The molecule has 1 aliphatic carbocycles. The lowest BCUT2D eigenvalue weighted by atomic mass is 9.82. The quantitative estimate of drug-likeness (QED) is 0.628. The average molecular weight is 374 g/mol. The van der Waals surface area contributed by atoms with E-state index in [9.17, 15) is 9.90 Å². The van der Waals surface area contributed by atoms with Crippen LogP contribution in [-0.2, 0) is 6.42 Å². The molecule has 2 N–H and O–H groups in total. The molecule has 1 heterocycles. The van der Waals surface area contributed by atoms with E-state index in [-0.39, 0.29) is 5.56 Å². The smallest absolute Gasteiger partial charge is 0.337 e. The fraction of sp³-hybridized carbons (Fsp3) is 0.217. The Labute approximate surface area is 164 Å². The average Bonchev–Trinajstić information content (AvgIpc) is 2.73. The maximum absolute atomic E-state index is 11.4. The first-order chi connectivity index (χ1) is 13.7. The van der Waals surface area contributed by atoms with Gasteiger partial charge < -0.3 is 15.2 Å². The van der Waals surface area contributed by atoms with E-state index in [0.717, 1.165) is 30.8 Å². The number of hydrogen-bond donors (Lipinski definition) is 2. The van der Waals surface area contributed by atoms with Gasteiger partial charge in [0, 0.05) is 18.7 Å². The van der Waals surface area contributed by atoms with Crippen LogP contribution in [0.1, 0.15) is 40.2 Å². The molecule has 0 spiro atoms. The number of pyridine rings is 1. The van der Waals surface area contributed by atoms with Crippen molar-refractivity contribution in [2.45, 2.75) is 25.2 Å². The number of nitrogens with zero attached hydrogens (tertiary/aromatic N) is 1. The highest BCUT2D eigenvalue weighted by atomic mass is 16.5. The molecule has 0 saturated carbocycles. The Kier molecular flexibility index (Phi) is 5.24. The van der Waals surface area contributed by atoms with Crippen molar-refractivity contribution in [3.8, 4) is 11.5 Å². The van der Waals surface area contributed by atoms with Crippen LogP contribution in [0, 0.1) is 0 Å². The second-order valence-electron chi connectivity index (χ2n) is 6.97. The van der Waals surface area contributed by atoms with Crippen molar-refractivity contribution in [1.82, 2.24) is 4.98 Å². The lowest BCUT2D eigenvalue weighted by Crippen LogP contribution is -2.19. The van der Waals surface area contributed by atoms with E-state index >= 15 is 0 Å². The predicted molar refractivity (Wildman–Crippen MR) is 108 cm³/mol. The maximum Gasteiger partial charge on any atom is 0.337 e. The molecule has 1 aromatic heterocycles. The fourth-order valence-corrected chi connectivity index (χ4v) is 3.75. The molecule has 3 aromatic rings. The highest BCUT2D eigenvalue weighted by Crippen LogP contribution is 2.35. The van der Waals surface area contributed by atoms with Crippen molar-refractivity contribution in [1.29, 1.82) is 0 Å². The van der Waals surface area contributed by atoms with Crippen molar-refractivity contribution in [3.63, 3.8) is 0 Å². The van der Waals surface area contributed by atoms with Gasteiger partial charge >= 0.3 is 5.97 Å². The zero-order valence-corrected chi connectivity index (χ0v) is 15.5. The second kappa shape index (κ2) is 8.13. The second-order valence-corrected chi connectivity index (χ2v) is 6.97. The van der Waals surface area contributed by atoms with Gasteiger partial charge in [0.1, 0.15) is 11.5 Å². The molecule has 0 radical (unpaired) electrons. The van der Waals surface area contributed by atoms with Crippen LogP contribution in [0.3, 0.4) is 0 Å². The third kappa shape index (κ3) is 3.98. The van der Waals surface area contributed by atoms with Gasteiger partial charge in [-0.1, -0.05) is 24.3 Å². The number of aryl methyl sites for hydroxylation is 1. The lowest BCUT2D eigenvalue weighted by molar-refractivity contribution is 0.0698. The summed E-state index contributed by atoms with van der Waals surface area (Å²) in [6, 6.07) is 17.6. The predicted octanol–water partition coefficient (Wildman–Crippen LogP) is 5.10. The minimum absolute atomic E-state index is 0.248.